The summed E-state index contributed by atoms with van der Waals surface area (Å²) in [6.45, 7) is 2.43. The maximum atomic E-state index is 13.9. The summed E-state index contributed by atoms with van der Waals surface area (Å²) in [5.41, 5.74) is 6.29. The first-order valence-corrected chi connectivity index (χ1v) is 11.4. The van der Waals surface area contributed by atoms with Crippen LogP contribution in [0.5, 0.6) is 0 Å². The molecule has 4 rings (SSSR count). The van der Waals surface area contributed by atoms with Crippen LogP contribution < -0.4 is 15.5 Å². The molecule has 9 nitrogen and oxygen atoms in total. The molecule has 3 saturated heterocycles. The zero-order valence-corrected chi connectivity index (χ0v) is 19.1. The van der Waals surface area contributed by atoms with E-state index in [0.29, 0.717) is 36.8 Å². The van der Waals surface area contributed by atoms with Crippen LogP contribution in [-0.2, 0) is 14.3 Å². The lowest BCUT2D eigenvalue weighted by Crippen LogP contribution is -2.56. The third kappa shape index (κ3) is 5.57. The van der Waals surface area contributed by atoms with E-state index in [1.54, 1.807) is 17.9 Å². The third-order valence-electron chi connectivity index (χ3n) is 6.49. The Balaban J connectivity index is 1.48. The molecule has 1 unspecified atom stereocenters. The quantitative estimate of drug-likeness (QED) is 0.486. The fraction of sp³-hybridized carbons (Fsp3) is 0.714. The summed E-state index contributed by atoms with van der Waals surface area (Å²) >= 11 is 0. The maximum Gasteiger partial charge on any atom is 0.490 e. The normalized spacial score (nSPS) is 27.3. The molecule has 3 aliphatic rings. The molecule has 3 atom stereocenters. The van der Waals surface area contributed by atoms with Gasteiger partial charge in [-0.25, -0.2) is 23.5 Å². The molecule has 3 fully saturated rings. The molecule has 1 amide bonds. The number of amides is 1. The minimum Gasteiger partial charge on any atom is -0.446 e. The number of nitrogens with zero attached hydrogens (tertiary/aromatic N) is 5. The Bertz CT molecular complexity index is 977. The molecule has 35 heavy (non-hydrogen) atoms. The van der Waals surface area contributed by atoms with Gasteiger partial charge >= 0.3 is 12.1 Å². The molecule has 0 aromatic carbocycles. The number of halogens is 5. The average Bonchev–Trinajstić information content (AvgIpc) is 3.15. The highest BCUT2D eigenvalue weighted by molar-refractivity contribution is 5.86. The zero-order chi connectivity index (χ0) is 25.5. The van der Waals surface area contributed by atoms with Crippen molar-refractivity contribution in [2.45, 2.75) is 62.9 Å². The van der Waals surface area contributed by atoms with Gasteiger partial charge in [0, 0.05) is 44.7 Å². The number of aromatic nitrogens is 2. The second kappa shape index (κ2) is 9.36. The highest BCUT2D eigenvalue weighted by Crippen LogP contribution is 2.32. The molecular weight excluding hydrogens is 479 g/mol. The van der Waals surface area contributed by atoms with Crippen molar-refractivity contribution in [2.24, 2.45) is 5.73 Å². The Hall–Kier alpha value is -2.77. The predicted octanol–water partition coefficient (Wildman–Crippen LogP) is 1.63. The van der Waals surface area contributed by atoms with Crippen LogP contribution in [0.3, 0.4) is 0 Å². The van der Waals surface area contributed by atoms with Gasteiger partial charge in [0.1, 0.15) is 17.5 Å². The van der Waals surface area contributed by atoms with Gasteiger partial charge in [0.2, 0.25) is 0 Å². The number of likely N-dealkylation sites (tertiary alicyclic amines) is 1. The largest absolute Gasteiger partial charge is 0.490 e. The summed E-state index contributed by atoms with van der Waals surface area (Å²) in [5.74, 6) is -4.70. The molecule has 194 valence electrons. The van der Waals surface area contributed by atoms with Crippen LogP contribution in [0.2, 0.25) is 0 Å². The Morgan fingerprint density at radius 2 is 1.83 bits per heavy atom. The number of ether oxygens (including phenoxy) is 1. The van der Waals surface area contributed by atoms with Crippen LogP contribution in [-0.4, -0.2) is 89.8 Å². The molecule has 0 aliphatic carbocycles. The van der Waals surface area contributed by atoms with Gasteiger partial charge in [-0.2, -0.15) is 13.2 Å². The van der Waals surface area contributed by atoms with Crippen molar-refractivity contribution >= 4 is 23.5 Å². The standard InChI is InChI=1S/C21H27F5N6O3/c1-12-28-16(30-6-3-5-20(22,23)11-30)8-17(29-12)31-9-13(27)14(10-31)32-7-2-4-15(18(32)33)35-19(34)21(24,25)26/h8,13-15H,2-7,9-11,27H2,1H3/t13-,14-,15?/m0/s1. The number of esters is 1. The smallest absolute Gasteiger partial charge is 0.446 e. The number of aryl methyl sites for hydroxylation is 1. The van der Waals surface area contributed by atoms with E-state index in [-0.39, 0.29) is 32.5 Å². The van der Waals surface area contributed by atoms with Gasteiger partial charge in [0.15, 0.2) is 6.10 Å². The van der Waals surface area contributed by atoms with Crippen molar-refractivity contribution < 1.29 is 36.3 Å². The van der Waals surface area contributed by atoms with Crippen LogP contribution in [0.1, 0.15) is 31.5 Å². The van der Waals surface area contributed by atoms with Crippen molar-refractivity contribution in [3.05, 3.63) is 11.9 Å². The molecule has 0 saturated carbocycles. The van der Waals surface area contributed by atoms with E-state index in [1.807, 2.05) is 0 Å². The molecule has 3 aliphatic heterocycles. The first-order valence-electron chi connectivity index (χ1n) is 11.4. The lowest BCUT2D eigenvalue weighted by molar-refractivity contribution is -0.208. The van der Waals surface area contributed by atoms with Crippen molar-refractivity contribution in [2.75, 3.05) is 42.5 Å². The lowest BCUT2D eigenvalue weighted by Gasteiger charge is -2.37. The SMILES string of the molecule is Cc1nc(N2C[C@H](N)[C@@H](N3CCCC(OC(=O)C(F)(F)F)C3=O)C2)cc(N2CCCC(F)(F)C2)n1. The van der Waals surface area contributed by atoms with E-state index in [0.717, 1.165) is 0 Å². The van der Waals surface area contributed by atoms with Crippen LogP contribution in [0.25, 0.3) is 0 Å². The lowest BCUT2D eigenvalue weighted by atomic mass is 10.0. The van der Waals surface area contributed by atoms with E-state index in [9.17, 15) is 31.5 Å². The fourth-order valence-electron chi connectivity index (χ4n) is 4.85. The Morgan fingerprint density at radius 3 is 2.49 bits per heavy atom. The fourth-order valence-corrected chi connectivity index (χ4v) is 4.85. The summed E-state index contributed by atoms with van der Waals surface area (Å²) in [4.78, 5) is 37.5. The molecule has 1 aromatic rings. The van der Waals surface area contributed by atoms with E-state index in [1.165, 1.54) is 9.80 Å². The molecule has 0 bridgehead atoms. The average molecular weight is 506 g/mol. The van der Waals surface area contributed by atoms with Gasteiger partial charge in [-0.15, -0.1) is 0 Å². The second-order valence-corrected chi connectivity index (χ2v) is 9.21. The Labute approximate surface area is 198 Å². The summed E-state index contributed by atoms with van der Waals surface area (Å²) in [7, 11) is 0. The monoisotopic (exact) mass is 506 g/mol. The number of alkyl halides is 5. The molecule has 1 aromatic heterocycles. The number of rotatable bonds is 4. The van der Waals surface area contributed by atoms with Crippen LogP contribution in [0, 0.1) is 6.92 Å². The molecule has 0 spiro atoms. The van der Waals surface area contributed by atoms with Gasteiger partial charge in [-0.3, -0.25) is 4.79 Å². The summed E-state index contributed by atoms with van der Waals surface area (Å²) in [6, 6.07) is 0.511. The topological polar surface area (TPSA) is 105 Å². The van der Waals surface area contributed by atoms with Gasteiger partial charge in [0.05, 0.1) is 12.6 Å². The third-order valence-corrected chi connectivity index (χ3v) is 6.49. The van der Waals surface area contributed by atoms with E-state index >= 15 is 0 Å². The number of anilines is 2. The first kappa shape index (κ1) is 25.3. The van der Waals surface area contributed by atoms with Crippen molar-refractivity contribution in [1.82, 2.24) is 14.9 Å². The van der Waals surface area contributed by atoms with Crippen molar-refractivity contribution in [3.8, 4) is 0 Å². The van der Waals surface area contributed by atoms with Crippen LogP contribution >= 0.6 is 0 Å². The van der Waals surface area contributed by atoms with Crippen LogP contribution in [0.15, 0.2) is 6.07 Å². The number of hydrogen-bond donors (Lipinski definition) is 1. The number of hydrogen-bond acceptors (Lipinski definition) is 8. The summed E-state index contributed by atoms with van der Waals surface area (Å²) < 4.78 is 70.0. The van der Waals surface area contributed by atoms with E-state index in [2.05, 4.69) is 14.7 Å². The number of nitrogens with two attached hydrogens (primary N) is 1. The second-order valence-electron chi connectivity index (χ2n) is 9.21. The van der Waals surface area contributed by atoms with Crippen molar-refractivity contribution in [3.63, 3.8) is 0 Å². The van der Waals surface area contributed by atoms with E-state index in [4.69, 9.17) is 5.73 Å². The van der Waals surface area contributed by atoms with Gasteiger partial charge in [-0.1, -0.05) is 0 Å². The molecule has 14 heteroatoms. The highest BCUT2D eigenvalue weighted by atomic mass is 19.4. The maximum absolute atomic E-state index is 13.9. The minimum absolute atomic E-state index is 0.00222. The van der Waals surface area contributed by atoms with Gasteiger partial charge < -0.3 is 25.2 Å². The summed E-state index contributed by atoms with van der Waals surface area (Å²) in [5, 5.41) is 0. The number of piperidine rings is 2. The molecular formula is C21H27F5N6O3. The summed E-state index contributed by atoms with van der Waals surface area (Å²) in [6.07, 6.45) is -6.20. The first-order chi connectivity index (χ1) is 16.3. The van der Waals surface area contributed by atoms with Crippen LogP contribution in [0.4, 0.5) is 33.6 Å². The zero-order valence-electron chi connectivity index (χ0n) is 19.1. The molecule has 2 N–H and O–H groups in total. The molecule has 0 radical (unpaired) electrons. The Kier molecular flexibility index (Phi) is 6.77. The highest BCUT2D eigenvalue weighted by Gasteiger charge is 2.47. The van der Waals surface area contributed by atoms with Crippen molar-refractivity contribution in [1.29, 1.82) is 0 Å². The predicted molar refractivity (Wildman–Crippen MR) is 114 cm³/mol. The number of carbonyl (C=O) groups excluding carboxylic acids is 2. The van der Waals surface area contributed by atoms with E-state index < -0.39 is 48.7 Å². The minimum atomic E-state index is -5.19. The Morgan fingerprint density at radius 1 is 1.14 bits per heavy atom. The van der Waals surface area contributed by atoms with Gasteiger partial charge in [-0.05, 0) is 26.2 Å². The van der Waals surface area contributed by atoms with Gasteiger partial charge in [0.25, 0.3) is 11.8 Å². The number of carbonyl (C=O) groups is 2. The molecule has 4 heterocycles.